The highest BCUT2D eigenvalue weighted by Gasteiger charge is 2.33. The van der Waals surface area contributed by atoms with Crippen molar-refractivity contribution in [2.24, 2.45) is 5.73 Å². The second-order valence-corrected chi connectivity index (χ2v) is 4.65. The first-order chi connectivity index (χ1) is 9.52. The average molecular weight is 277 g/mol. The summed E-state index contributed by atoms with van der Waals surface area (Å²) in [5, 5.41) is 0. The van der Waals surface area contributed by atoms with Gasteiger partial charge >= 0.3 is 0 Å². The molecule has 0 bridgehead atoms. The molecule has 0 aliphatic rings. The second-order valence-electron chi connectivity index (χ2n) is 4.65. The van der Waals surface area contributed by atoms with E-state index < -0.39 is 17.2 Å². The van der Waals surface area contributed by atoms with Crippen LogP contribution in [-0.4, -0.2) is 7.11 Å². The fourth-order valence-corrected chi connectivity index (χ4v) is 2.33. The summed E-state index contributed by atoms with van der Waals surface area (Å²) in [4.78, 5) is 0. The highest BCUT2D eigenvalue weighted by Crippen LogP contribution is 2.34. The van der Waals surface area contributed by atoms with Crippen molar-refractivity contribution in [2.45, 2.75) is 18.9 Å². The van der Waals surface area contributed by atoms with E-state index in [2.05, 4.69) is 0 Å². The van der Waals surface area contributed by atoms with Gasteiger partial charge in [-0.05, 0) is 18.6 Å². The summed E-state index contributed by atoms with van der Waals surface area (Å²) in [7, 11) is 1.46. The third-order valence-electron chi connectivity index (χ3n) is 3.57. The Labute approximate surface area is 117 Å². The van der Waals surface area contributed by atoms with E-state index in [0.717, 1.165) is 0 Å². The van der Waals surface area contributed by atoms with E-state index in [-0.39, 0.29) is 11.1 Å². The molecule has 0 aliphatic heterocycles. The fourth-order valence-electron chi connectivity index (χ4n) is 2.33. The lowest BCUT2D eigenvalue weighted by molar-refractivity contribution is 0.406. The molecule has 0 radical (unpaired) electrons. The molecule has 4 heteroatoms. The summed E-state index contributed by atoms with van der Waals surface area (Å²) < 4.78 is 33.2. The average Bonchev–Trinajstić information content (AvgIpc) is 2.46. The molecule has 2 aromatic rings. The Balaban J connectivity index is 2.59. The number of rotatable bonds is 4. The Hall–Kier alpha value is -1.94. The zero-order valence-electron chi connectivity index (χ0n) is 11.5. The molecule has 20 heavy (non-hydrogen) atoms. The highest BCUT2D eigenvalue weighted by atomic mass is 19.1. The molecule has 0 saturated heterocycles. The zero-order valence-corrected chi connectivity index (χ0v) is 11.5. The van der Waals surface area contributed by atoms with Gasteiger partial charge in [0.2, 0.25) is 0 Å². The van der Waals surface area contributed by atoms with Gasteiger partial charge in [0.15, 0.2) is 0 Å². The molecule has 0 aromatic heterocycles. The number of hydrogen-bond donors (Lipinski definition) is 1. The van der Waals surface area contributed by atoms with E-state index in [0.29, 0.717) is 12.2 Å². The molecule has 0 fully saturated rings. The number of halogens is 2. The van der Waals surface area contributed by atoms with Gasteiger partial charge in [0, 0.05) is 17.2 Å². The van der Waals surface area contributed by atoms with Crippen molar-refractivity contribution in [3.05, 3.63) is 65.2 Å². The molecule has 0 amide bonds. The number of nitrogens with two attached hydrogens (primary N) is 1. The summed E-state index contributed by atoms with van der Waals surface area (Å²) >= 11 is 0. The molecular weight excluding hydrogens is 260 g/mol. The van der Waals surface area contributed by atoms with Gasteiger partial charge in [0.05, 0.1) is 12.6 Å². The molecule has 1 atom stereocenters. The molecule has 1 unspecified atom stereocenters. The van der Waals surface area contributed by atoms with Crippen molar-refractivity contribution >= 4 is 0 Å². The van der Waals surface area contributed by atoms with E-state index in [1.807, 2.05) is 0 Å². The monoisotopic (exact) mass is 277 g/mol. The maximum absolute atomic E-state index is 14.3. The maximum Gasteiger partial charge on any atom is 0.132 e. The summed E-state index contributed by atoms with van der Waals surface area (Å²) in [6.45, 7) is 1.80. The van der Waals surface area contributed by atoms with Crippen LogP contribution in [0, 0.1) is 11.6 Å². The van der Waals surface area contributed by atoms with E-state index in [4.69, 9.17) is 10.5 Å². The summed E-state index contributed by atoms with van der Waals surface area (Å²) in [5.74, 6) is -0.540. The number of benzene rings is 2. The Morgan fingerprint density at radius 1 is 1.05 bits per heavy atom. The third kappa shape index (κ3) is 2.39. The Kier molecular flexibility index (Phi) is 4.04. The topological polar surface area (TPSA) is 35.2 Å². The first-order valence-corrected chi connectivity index (χ1v) is 6.41. The van der Waals surface area contributed by atoms with Crippen LogP contribution in [-0.2, 0) is 5.54 Å². The lowest BCUT2D eigenvalue weighted by Crippen LogP contribution is -2.39. The fraction of sp³-hybridized carbons (Fsp3) is 0.250. The van der Waals surface area contributed by atoms with Gasteiger partial charge in [0.25, 0.3) is 0 Å². The van der Waals surface area contributed by atoms with E-state index in [9.17, 15) is 8.78 Å². The van der Waals surface area contributed by atoms with E-state index in [1.54, 1.807) is 37.3 Å². The normalized spacial score (nSPS) is 13.8. The highest BCUT2D eigenvalue weighted by molar-refractivity contribution is 5.41. The van der Waals surface area contributed by atoms with Gasteiger partial charge in [-0.1, -0.05) is 31.2 Å². The Bertz CT molecular complexity index is 615. The van der Waals surface area contributed by atoms with Crippen molar-refractivity contribution in [2.75, 3.05) is 7.11 Å². The van der Waals surface area contributed by atoms with Crippen LogP contribution in [0.2, 0.25) is 0 Å². The van der Waals surface area contributed by atoms with Crippen LogP contribution >= 0.6 is 0 Å². The second kappa shape index (κ2) is 5.59. The molecule has 0 spiro atoms. The molecular formula is C16H17F2NO. The van der Waals surface area contributed by atoms with Crippen molar-refractivity contribution in [1.82, 2.24) is 0 Å². The van der Waals surface area contributed by atoms with Crippen LogP contribution in [0.25, 0.3) is 0 Å². The quantitative estimate of drug-likeness (QED) is 0.927. The van der Waals surface area contributed by atoms with Gasteiger partial charge in [0.1, 0.15) is 17.4 Å². The van der Waals surface area contributed by atoms with Gasteiger partial charge < -0.3 is 10.5 Å². The standard InChI is InChI=1S/C16H17F2NO/c1-3-16(19,12-6-4-5-7-14(12)17)13-9-8-11(20-2)10-15(13)18/h4-10H,3,19H2,1-2H3. The first kappa shape index (κ1) is 14.5. The van der Waals surface area contributed by atoms with Crippen LogP contribution in [0.1, 0.15) is 24.5 Å². The molecule has 0 heterocycles. The van der Waals surface area contributed by atoms with Crippen molar-refractivity contribution in [3.8, 4) is 5.75 Å². The van der Waals surface area contributed by atoms with Crippen LogP contribution < -0.4 is 10.5 Å². The SMILES string of the molecule is CCC(N)(c1ccccc1F)c1ccc(OC)cc1F. The smallest absolute Gasteiger partial charge is 0.132 e. The Morgan fingerprint density at radius 2 is 1.70 bits per heavy atom. The van der Waals surface area contributed by atoms with E-state index in [1.165, 1.54) is 19.2 Å². The minimum Gasteiger partial charge on any atom is -0.497 e. The molecule has 0 saturated carbocycles. The number of hydrogen-bond acceptors (Lipinski definition) is 2. The molecule has 106 valence electrons. The van der Waals surface area contributed by atoms with Crippen molar-refractivity contribution < 1.29 is 13.5 Å². The third-order valence-corrected chi connectivity index (χ3v) is 3.57. The molecule has 2 aromatic carbocycles. The van der Waals surface area contributed by atoms with Crippen LogP contribution in [0.5, 0.6) is 5.75 Å². The largest absolute Gasteiger partial charge is 0.497 e. The van der Waals surface area contributed by atoms with Gasteiger partial charge in [-0.15, -0.1) is 0 Å². The molecule has 0 aliphatic carbocycles. The van der Waals surface area contributed by atoms with Crippen molar-refractivity contribution in [3.63, 3.8) is 0 Å². The molecule has 2 nitrogen and oxygen atoms in total. The summed E-state index contributed by atoms with van der Waals surface area (Å²) in [6.07, 6.45) is 0.372. The van der Waals surface area contributed by atoms with E-state index >= 15 is 0 Å². The maximum atomic E-state index is 14.3. The van der Waals surface area contributed by atoms with Crippen LogP contribution in [0.15, 0.2) is 42.5 Å². The summed E-state index contributed by atoms with van der Waals surface area (Å²) in [6, 6.07) is 10.6. The predicted octanol–water partition coefficient (Wildman–Crippen LogP) is 3.59. The lowest BCUT2D eigenvalue weighted by Gasteiger charge is -2.30. The lowest BCUT2D eigenvalue weighted by atomic mass is 9.81. The summed E-state index contributed by atoms with van der Waals surface area (Å²) in [5.41, 5.74) is 5.64. The number of methoxy groups -OCH3 is 1. The van der Waals surface area contributed by atoms with Gasteiger partial charge in [-0.2, -0.15) is 0 Å². The predicted molar refractivity (Wildman–Crippen MR) is 74.6 cm³/mol. The van der Waals surface area contributed by atoms with Gasteiger partial charge in [-0.3, -0.25) is 0 Å². The van der Waals surface area contributed by atoms with Gasteiger partial charge in [-0.25, -0.2) is 8.78 Å². The van der Waals surface area contributed by atoms with Crippen molar-refractivity contribution in [1.29, 1.82) is 0 Å². The van der Waals surface area contributed by atoms with Crippen LogP contribution in [0.3, 0.4) is 0 Å². The molecule has 2 rings (SSSR count). The minimum absolute atomic E-state index is 0.255. The number of ether oxygens (including phenoxy) is 1. The molecule has 2 N–H and O–H groups in total. The minimum atomic E-state index is -1.21. The Morgan fingerprint density at radius 3 is 2.25 bits per heavy atom. The van der Waals surface area contributed by atoms with Crippen LogP contribution in [0.4, 0.5) is 8.78 Å². The zero-order chi connectivity index (χ0) is 14.8. The first-order valence-electron chi connectivity index (χ1n) is 6.41.